The summed E-state index contributed by atoms with van der Waals surface area (Å²) in [7, 11) is 3.77. The standard InChI is InChI=1S/C11H12IN3O/c1-7-6-8(4-5-9(7)12)10-13-11(14-16-10)15(2)3/h4-6H,1-3H3. The number of hydrogen-bond acceptors (Lipinski definition) is 4. The van der Waals surface area contributed by atoms with Crippen LogP contribution in [0.1, 0.15) is 5.56 Å². The molecule has 0 bridgehead atoms. The van der Waals surface area contributed by atoms with Gasteiger partial charge in [0.1, 0.15) is 0 Å². The highest BCUT2D eigenvalue weighted by Gasteiger charge is 2.10. The minimum atomic E-state index is 0.559. The average molecular weight is 329 g/mol. The lowest BCUT2D eigenvalue weighted by atomic mass is 10.1. The summed E-state index contributed by atoms with van der Waals surface area (Å²) in [5, 5.41) is 3.88. The van der Waals surface area contributed by atoms with Crippen molar-refractivity contribution >= 4 is 28.5 Å². The van der Waals surface area contributed by atoms with Gasteiger partial charge in [-0.05, 0) is 58.4 Å². The van der Waals surface area contributed by atoms with E-state index in [2.05, 4.69) is 45.7 Å². The van der Waals surface area contributed by atoms with Crippen molar-refractivity contribution in [2.75, 3.05) is 19.0 Å². The monoisotopic (exact) mass is 329 g/mol. The molecule has 84 valence electrons. The second-order valence-electron chi connectivity index (χ2n) is 3.76. The molecule has 0 aliphatic heterocycles. The highest BCUT2D eigenvalue weighted by Crippen LogP contribution is 2.22. The molecule has 0 aliphatic carbocycles. The SMILES string of the molecule is Cc1cc(-c2nc(N(C)C)no2)ccc1I. The molecule has 0 atom stereocenters. The lowest BCUT2D eigenvalue weighted by Gasteiger charge is -2.02. The molecule has 5 heteroatoms. The van der Waals surface area contributed by atoms with Crippen molar-refractivity contribution in [3.8, 4) is 11.5 Å². The maximum absolute atomic E-state index is 5.20. The van der Waals surface area contributed by atoms with Crippen LogP contribution in [0.3, 0.4) is 0 Å². The number of rotatable bonds is 2. The largest absolute Gasteiger partial charge is 0.344 e. The molecule has 1 aromatic heterocycles. The Bertz CT molecular complexity index is 508. The topological polar surface area (TPSA) is 42.2 Å². The number of aromatic nitrogens is 2. The van der Waals surface area contributed by atoms with Crippen LogP contribution in [0.25, 0.3) is 11.5 Å². The number of anilines is 1. The second kappa shape index (κ2) is 4.40. The summed E-state index contributed by atoms with van der Waals surface area (Å²) < 4.78 is 6.43. The van der Waals surface area contributed by atoms with Gasteiger partial charge in [0.15, 0.2) is 0 Å². The van der Waals surface area contributed by atoms with Crippen LogP contribution in [0.15, 0.2) is 22.7 Å². The fourth-order valence-corrected chi connectivity index (χ4v) is 1.63. The van der Waals surface area contributed by atoms with Gasteiger partial charge in [0, 0.05) is 23.2 Å². The lowest BCUT2D eigenvalue weighted by Crippen LogP contribution is -2.10. The maximum atomic E-state index is 5.20. The van der Waals surface area contributed by atoms with Crippen molar-refractivity contribution in [1.82, 2.24) is 10.1 Å². The van der Waals surface area contributed by atoms with Crippen molar-refractivity contribution < 1.29 is 4.52 Å². The fourth-order valence-electron chi connectivity index (χ4n) is 1.29. The van der Waals surface area contributed by atoms with Crippen LogP contribution in [-0.2, 0) is 0 Å². The van der Waals surface area contributed by atoms with Crippen LogP contribution >= 0.6 is 22.6 Å². The van der Waals surface area contributed by atoms with E-state index in [1.165, 1.54) is 9.13 Å². The van der Waals surface area contributed by atoms with Gasteiger partial charge in [-0.15, -0.1) is 0 Å². The molecule has 2 rings (SSSR count). The number of hydrogen-bond donors (Lipinski definition) is 0. The summed E-state index contributed by atoms with van der Waals surface area (Å²) in [5.74, 6) is 1.15. The Kier molecular flexibility index (Phi) is 3.13. The number of nitrogens with zero attached hydrogens (tertiary/aromatic N) is 3. The van der Waals surface area contributed by atoms with Crippen molar-refractivity contribution in [3.05, 3.63) is 27.3 Å². The average Bonchev–Trinajstić information content (AvgIpc) is 2.71. The molecule has 0 aliphatic rings. The van der Waals surface area contributed by atoms with E-state index in [4.69, 9.17) is 4.52 Å². The predicted octanol–water partition coefficient (Wildman–Crippen LogP) is 2.72. The number of benzene rings is 1. The van der Waals surface area contributed by atoms with E-state index >= 15 is 0 Å². The third kappa shape index (κ3) is 2.18. The normalized spacial score (nSPS) is 10.5. The Morgan fingerprint density at radius 1 is 1.31 bits per heavy atom. The molecule has 0 N–H and O–H groups in total. The molecule has 4 nitrogen and oxygen atoms in total. The summed E-state index contributed by atoms with van der Waals surface area (Å²) in [6.45, 7) is 2.06. The van der Waals surface area contributed by atoms with Gasteiger partial charge in [0.2, 0.25) is 0 Å². The number of aryl methyl sites for hydroxylation is 1. The molecular weight excluding hydrogens is 317 g/mol. The second-order valence-corrected chi connectivity index (χ2v) is 4.92. The summed E-state index contributed by atoms with van der Waals surface area (Å²) in [4.78, 5) is 6.11. The molecule has 2 aromatic rings. The van der Waals surface area contributed by atoms with E-state index in [0.717, 1.165) is 5.56 Å². The van der Waals surface area contributed by atoms with Crippen molar-refractivity contribution in [1.29, 1.82) is 0 Å². The van der Waals surface area contributed by atoms with Crippen LogP contribution < -0.4 is 4.90 Å². The van der Waals surface area contributed by atoms with Gasteiger partial charge in [-0.2, -0.15) is 4.98 Å². The zero-order chi connectivity index (χ0) is 11.7. The number of halogens is 1. The van der Waals surface area contributed by atoms with Crippen LogP contribution in [0.4, 0.5) is 5.95 Å². The maximum Gasteiger partial charge on any atom is 0.265 e. The van der Waals surface area contributed by atoms with Gasteiger partial charge >= 0.3 is 0 Å². The van der Waals surface area contributed by atoms with Crippen molar-refractivity contribution in [2.24, 2.45) is 0 Å². The van der Waals surface area contributed by atoms with Gasteiger partial charge in [-0.25, -0.2) is 0 Å². The quantitative estimate of drug-likeness (QED) is 0.795. The smallest absolute Gasteiger partial charge is 0.265 e. The molecule has 0 unspecified atom stereocenters. The van der Waals surface area contributed by atoms with E-state index in [9.17, 15) is 0 Å². The first-order valence-electron chi connectivity index (χ1n) is 4.85. The predicted molar refractivity (Wildman–Crippen MR) is 71.5 cm³/mol. The van der Waals surface area contributed by atoms with Crippen LogP contribution in [0.5, 0.6) is 0 Å². The Morgan fingerprint density at radius 3 is 2.62 bits per heavy atom. The molecular formula is C11H12IN3O. The third-order valence-corrected chi connectivity index (χ3v) is 3.43. The molecule has 0 saturated carbocycles. The summed E-state index contributed by atoms with van der Waals surface area (Å²) in [6.07, 6.45) is 0. The first kappa shape index (κ1) is 11.4. The summed E-state index contributed by atoms with van der Waals surface area (Å²) in [5.41, 5.74) is 2.17. The zero-order valence-electron chi connectivity index (χ0n) is 9.36. The van der Waals surface area contributed by atoms with Gasteiger partial charge in [0.05, 0.1) is 0 Å². The Morgan fingerprint density at radius 2 is 2.06 bits per heavy atom. The van der Waals surface area contributed by atoms with E-state index < -0.39 is 0 Å². The molecule has 1 aromatic carbocycles. The Balaban J connectivity index is 2.39. The lowest BCUT2D eigenvalue weighted by molar-refractivity contribution is 0.431. The molecule has 16 heavy (non-hydrogen) atoms. The molecule has 0 amide bonds. The highest BCUT2D eigenvalue weighted by atomic mass is 127. The third-order valence-electron chi connectivity index (χ3n) is 2.22. The van der Waals surface area contributed by atoms with E-state index in [0.29, 0.717) is 11.8 Å². The van der Waals surface area contributed by atoms with E-state index in [1.807, 2.05) is 31.1 Å². The van der Waals surface area contributed by atoms with Gasteiger partial charge in [-0.3, -0.25) is 0 Å². The Hall–Kier alpha value is -1.11. The minimum absolute atomic E-state index is 0.559. The van der Waals surface area contributed by atoms with E-state index in [-0.39, 0.29) is 0 Å². The molecule has 1 heterocycles. The van der Waals surface area contributed by atoms with Gasteiger partial charge < -0.3 is 9.42 Å². The zero-order valence-corrected chi connectivity index (χ0v) is 11.5. The first-order valence-corrected chi connectivity index (χ1v) is 5.93. The molecule has 0 fully saturated rings. The summed E-state index contributed by atoms with van der Waals surface area (Å²) in [6, 6.07) is 6.08. The van der Waals surface area contributed by atoms with Gasteiger partial charge in [0.25, 0.3) is 11.8 Å². The molecule has 0 radical (unpaired) electrons. The highest BCUT2D eigenvalue weighted by molar-refractivity contribution is 14.1. The molecule has 0 spiro atoms. The molecule has 0 saturated heterocycles. The fraction of sp³-hybridized carbons (Fsp3) is 0.273. The van der Waals surface area contributed by atoms with Crippen molar-refractivity contribution in [3.63, 3.8) is 0 Å². The van der Waals surface area contributed by atoms with Gasteiger partial charge in [-0.1, -0.05) is 0 Å². The Labute approximate surface area is 108 Å². The van der Waals surface area contributed by atoms with Crippen LogP contribution in [0, 0.1) is 10.5 Å². The van der Waals surface area contributed by atoms with Crippen LogP contribution in [-0.4, -0.2) is 24.2 Å². The first-order chi connectivity index (χ1) is 7.58. The van der Waals surface area contributed by atoms with Crippen LogP contribution in [0.2, 0.25) is 0 Å². The van der Waals surface area contributed by atoms with Crippen molar-refractivity contribution in [2.45, 2.75) is 6.92 Å². The minimum Gasteiger partial charge on any atom is -0.344 e. The summed E-state index contributed by atoms with van der Waals surface area (Å²) >= 11 is 2.30. The van der Waals surface area contributed by atoms with E-state index in [1.54, 1.807) is 0 Å².